The summed E-state index contributed by atoms with van der Waals surface area (Å²) in [5, 5.41) is 3.75. The minimum atomic E-state index is -3.28. The van der Waals surface area contributed by atoms with Crippen LogP contribution in [0.3, 0.4) is 0 Å². The number of benzene rings is 1. The zero-order chi connectivity index (χ0) is 21.7. The van der Waals surface area contributed by atoms with Gasteiger partial charge in [0.2, 0.25) is 11.8 Å². The molecule has 160 valence electrons. The van der Waals surface area contributed by atoms with Crippen LogP contribution in [0, 0.1) is 0 Å². The topological polar surface area (TPSA) is 111 Å². The summed E-state index contributed by atoms with van der Waals surface area (Å²) in [6.07, 6.45) is 4.01. The van der Waals surface area contributed by atoms with E-state index in [-0.39, 0.29) is 17.5 Å². The van der Waals surface area contributed by atoms with Crippen molar-refractivity contribution in [3.8, 4) is 11.6 Å². The van der Waals surface area contributed by atoms with E-state index in [9.17, 15) is 13.2 Å². The Morgan fingerprint density at radius 3 is 2.63 bits per heavy atom. The van der Waals surface area contributed by atoms with E-state index in [1.165, 1.54) is 12.3 Å². The van der Waals surface area contributed by atoms with Gasteiger partial charge in [0.25, 0.3) is 5.91 Å². The van der Waals surface area contributed by atoms with Gasteiger partial charge >= 0.3 is 0 Å². The number of methoxy groups -OCH3 is 1. The Hall–Kier alpha value is -2.98. The van der Waals surface area contributed by atoms with Crippen molar-refractivity contribution >= 4 is 21.7 Å². The molecule has 1 atom stereocenters. The van der Waals surface area contributed by atoms with Crippen LogP contribution in [0.4, 0.5) is 5.95 Å². The normalized spacial score (nSPS) is 15.6. The van der Waals surface area contributed by atoms with Gasteiger partial charge in [-0.15, -0.1) is 0 Å². The number of para-hydroxylation sites is 1. The second-order valence-electron chi connectivity index (χ2n) is 6.99. The second kappa shape index (κ2) is 9.23. The molecule has 0 spiro atoms. The van der Waals surface area contributed by atoms with E-state index in [4.69, 9.17) is 9.47 Å². The summed E-state index contributed by atoms with van der Waals surface area (Å²) < 4.78 is 33.7. The highest BCUT2D eigenvalue weighted by Gasteiger charge is 2.30. The molecule has 3 rings (SSSR count). The molecule has 30 heavy (non-hydrogen) atoms. The lowest BCUT2D eigenvalue weighted by Crippen LogP contribution is -2.52. The van der Waals surface area contributed by atoms with Gasteiger partial charge in [-0.05, 0) is 19.1 Å². The van der Waals surface area contributed by atoms with Crippen LogP contribution in [0.15, 0.2) is 48.0 Å². The van der Waals surface area contributed by atoms with E-state index in [0.717, 1.165) is 11.7 Å². The summed E-state index contributed by atoms with van der Waals surface area (Å²) in [7, 11) is -1.63. The third kappa shape index (κ3) is 5.77. The predicted molar refractivity (Wildman–Crippen MR) is 112 cm³/mol. The number of sulfone groups is 1. The van der Waals surface area contributed by atoms with Crippen molar-refractivity contribution < 1.29 is 22.7 Å². The van der Waals surface area contributed by atoms with Gasteiger partial charge in [-0.25, -0.2) is 13.4 Å². The average Bonchev–Trinajstić information content (AvgIpc) is 2.66. The number of ether oxygens (including phenoxy) is 2. The number of hydrogen-bond acceptors (Lipinski definition) is 8. The van der Waals surface area contributed by atoms with Crippen molar-refractivity contribution in [3.05, 3.63) is 53.6 Å². The molecule has 1 aromatic carbocycles. The number of anilines is 1. The molecule has 9 nitrogen and oxygen atoms in total. The number of carbonyl (C=O) groups excluding carboxylic acids is 1. The van der Waals surface area contributed by atoms with Crippen molar-refractivity contribution in [3.63, 3.8) is 0 Å². The van der Waals surface area contributed by atoms with Crippen LogP contribution in [-0.4, -0.2) is 62.9 Å². The number of hydrogen-bond donors (Lipinski definition) is 1. The van der Waals surface area contributed by atoms with Gasteiger partial charge in [-0.2, -0.15) is 4.98 Å². The molecule has 1 unspecified atom stereocenters. The zero-order valence-electron chi connectivity index (χ0n) is 17.0. The van der Waals surface area contributed by atoms with Crippen LogP contribution in [0.1, 0.15) is 17.3 Å². The van der Waals surface area contributed by atoms with Crippen molar-refractivity contribution in [1.82, 2.24) is 15.3 Å². The minimum absolute atomic E-state index is 0.115. The quantitative estimate of drug-likeness (QED) is 0.672. The Morgan fingerprint density at radius 2 is 2.00 bits per heavy atom. The Labute approximate surface area is 175 Å². The van der Waals surface area contributed by atoms with E-state index in [2.05, 4.69) is 15.3 Å². The molecule has 1 fully saturated rings. The lowest BCUT2D eigenvalue weighted by molar-refractivity contribution is 0.0777. The number of carbonyl (C=O) groups is 1. The maximum absolute atomic E-state index is 12.8. The lowest BCUT2D eigenvalue weighted by atomic mass is 10.2. The molecule has 1 aromatic heterocycles. The summed E-state index contributed by atoms with van der Waals surface area (Å²) >= 11 is 0. The summed E-state index contributed by atoms with van der Waals surface area (Å²) in [4.78, 5) is 23.4. The fraction of sp³-hybridized carbons (Fsp3) is 0.350. The Morgan fingerprint density at radius 1 is 1.30 bits per heavy atom. The van der Waals surface area contributed by atoms with Crippen molar-refractivity contribution in [2.75, 3.05) is 31.4 Å². The Kier molecular flexibility index (Phi) is 6.68. The fourth-order valence-electron chi connectivity index (χ4n) is 2.69. The maximum atomic E-state index is 12.8. The first-order valence-corrected chi connectivity index (χ1v) is 11.3. The highest BCUT2D eigenvalue weighted by atomic mass is 32.2. The molecule has 0 aliphatic carbocycles. The van der Waals surface area contributed by atoms with E-state index in [1.54, 1.807) is 26.2 Å². The summed E-state index contributed by atoms with van der Waals surface area (Å²) in [5.74, 6) is 0.607. The van der Waals surface area contributed by atoms with Crippen LogP contribution < -0.4 is 15.0 Å². The van der Waals surface area contributed by atoms with Gasteiger partial charge in [-0.1, -0.05) is 24.3 Å². The van der Waals surface area contributed by atoms with Crippen molar-refractivity contribution in [2.45, 2.75) is 19.1 Å². The van der Waals surface area contributed by atoms with Crippen LogP contribution in [0.5, 0.6) is 11.6 Å². The van der Waals surface area contributed by atoms with Crippen LogP contribution in [0.25, 0.3) is 0 Å². The third-order valence-corrected chi connectivity index (χ3v) is 5.03. The molecule has 2 aromatic rings. The molecule has 10 heteroatoms. The molecular weight excluding hydrogens is 408 g/mol. The summed E-state index contributed by atoms with van der Waals surface area (Å²) in [5.41, 5.74) is 0.144. The highest BCUT2D eigenvalue weighted by molar-refractivity contribution is 7.93. The first-order chi connectivity index (χ1) is 14.2. The molecule has 0 radical (unpaired) electrons. The van der Waals surface area contributed by atoms with E-state index in [0.29, 0.717) is 24.8 Å². The fourth-order valence-corrected chi connectivity index (χ4v) is 3.21. The van der Waals surface area contributed by atoms with Crippen LogP contribution >= 0.6 is 0 Å². The first-order valence-electron chi connectivity index (χ1n) is 9.32. The predicted octanol–water partition coefficient (Wildman–Crippen LogP) is 1.78. The molecule has 1 aliphatic heterocycles. The second-order valence-corrected chi connectivity index (χ2v) is 8.92. The smallest absolute Gasteiger partial charge is 0.258 e. The van der Waals surface area contributed by atoms with Crippen LogP contribution in [0.2, 0.25) is 0 Å². The third-order valence-electron chi connectivity index (χ3n) is 4.38. The van der Waals surface area contributed by atoms with E-state index >= 15 is 0 Å². The molecule has 1 amide bonds. The van der Waals surface area contributed by atoms with E-state index < -0.39 is 21.8 Å². The molecule has 0 saturated carbocycles. The largest absolute Gasteiger partial charge is 0.438 e. The Balaban J connectivity index is 1.83. The molecule has 2 heterocycles. The van der Waals surface area contributed by atoms with Gasteiger partial charge in [0, 0.05) is 44.1 Å². The monoisotopic (exact) mass is 432 g/mol. The number of rotatable bonds is 8. The summed E-state index contributed by atoms with van der Waals surface area (Å²) in [6.45, 7) is 2.97. The zero-order valence-corrected chi connectivity index (χ0v) is 17.8. The molecule has 0 bridgehead atoms. The van der Waals surface area contributed by atoms with Crippen molar-refractivity contribution in [2.24, 2.45) is 0 Å². The average molecular weight is 433 g/mol. The Bertz CT molecular complexity index is 1020. The number of amides is 1. The maximum Gasteiger partial charge on any atom is 0.258 e. The van der Waals surface area contributed by atoms with Crippen LogP contribution in [-0.2, 0) is 14.6 Å². The lowest BCUT2D eigenvalue weighted by Gasteiger charge is -2.38. The van der Waals surface area contributed by atoms with Gasteiger partial charge < -0.3 is 19.7 Å². The van der Waals surface area contributed by atoms with Gasteiger partial charge in [0.05, 0.1) is 6.10 Å². The summed E-state index contributed by atoms with van der Waals surface area (Å²) in [6, 6.07) is 8.47. The van der Waals surface area contributed by atoms with Gasteiger partial charge in [0.1, 0.15) is 11.3 Å². The molecular formula is C20H24N4O5S. The standard InChI is InChI=1S/C20H24N4O5S/c1-14(9-10-30(3,26)27)22-18(25)17-11-21-20(24-12-16(13-24)28-2)23-19(17)29-15-7-5-4-6-8-15/h4-11,14,16H,12-13H2,1-3H3,(H,22,25). The van der Waals surface area contributed by atoms with E-state index in [1.807, 2.05) is 23.1 Å². The van der Waals surface area contributed by atoms with Gasteiger partial charge in [-0.3, -0.25) is 4.79 Å². The number of aromatic nitrogens is 2. The first kappa shape index (κ1) is 21.7. The SMILES string of the molecule is COC1CN(c2ncc(C(=O)NC(C)C=CS(C)(=O)=O)c(Oc3ccccc3)n2)C1. The molecule has 1 N–H and O–H groups in total. The number of nitrogens with zero attached hydrogens (tertiary/aromatic N) is 3. The highest BCUT2D eigenvalue weighted by Crippen LogP contribution is 2.27. The number of nitrogens with one attached hydrogen (secondary N) is 1. The minimum Gasteiger partial charge on any atom is -0.438 e. The molecule has 1 saturated heterocycles. The molecule has 1 aliphatic rings. The van der Waals surface area contributed by atoms with Gasteiger partial charge in [0.15, 0.2) is 9.84 Å². The van der Waals surface area contributed by atoms with Crippen molar-refractivity contribution in [1.29, 1.82) is 0 Å².